The van der Waals surface area contributed by atoms with Crippen LogP contribution >= 0.6 is 0 Å². The third-order valence-corrected chi connectivity index (χ3v) is 6.99. The second-order valence-corrected chi connectivity index (χ2v) is 9.94. The summed E-state index contributed by atoms with van der Waals surface area (Å²) in [5.74, 6) is -0.849. The van der Waals surface area contributed by atoms with Gasteiger partial charge in [-0.2, -0.15) is 26.3 Å². The number of pyridine rings is 1. The van der Waals surface area contributed by atoms with Crippen molar-refractivity contribution in [3.05, 3.63) is 77.4 Å². The van der Waals surface area contributed by atoms with Gasteiger partial charge in [-0.05, 0) is 74.6 Å². The number of hydrogen-bond acceptors (Lipinski definition) is 7. The number of fused-ring (bicyclic) bond motifs is 1. The molecule has 2 aliphatic rings. The number of allylic oxidation sites excluding steroid dienone is 2. The van der Waals surface area contributed by atoms with Gasteiger partial charge >= 0.3 is 12.4 Å². The number of nitrogens with zero attached hydrogens (tertiary/aromatic N) is 4. The number of carbonyl (C=O) groups is 1. The molecule has 0 saturated carbocycles. The molecule has 3 aromatic rings. The number of piperidine rings is 1. The van der Waals surface area contributed by atoms with Gasteiger partial charge in [0.1, 0.15) is 5.82 Å². The van der Waals surface area contributed by atoms with Crippen molar-refractivity contribution in [2.45, 2.75) is 37.7 Å². The van der Waals surface area contributed by atoms with Crippen molar-refractivity contribution in [3.8, 4) is 0 Å². The zero-order valence-corrected chi connectivity index (χ0v) is 22.2. The van der Waals surface area contributed by atoms with Crippen LogP contribution in [0.15, 0.2) is 60.3 Å². The van der Waals surface area contributed by atoms with E-state index in [0.717, 1.165) is 44.1 Å². The molecule has 8 nitrogen and oxygen atoms in total. The summed E-state index contributed by atoms with van der Waals surface area (Å²) in [6.45, 7) is 2.84. The number of likely N-dealkylation sites (tertiary alicyclic amines) is 1. The van der Waals surface area contributed by atoms with E-state index in [2.05, 4.69) is 35.8 Å². The van der Waals surface area contributed by atoms with Crippen molar-refractivity contribution in [3.63, 3.8) is 0 Å². The molecular formula is C28H27F6N7O. The molecular weight excluding hydrogens is 564 g/mol. The smallest absolute Gasteiger partial charge is 0.379 e. The number of amides is 1. The lowest BCUT2D eigenvalue weighted by atomic mass is 10.00. The average Bonchev–Trinajstić information content (AvgIpc) is 2.96. The molecule has 2 aromatic heterocycles. The van der Waals surface area contributed by atoms with Crippen LogP contribution in [0, 0.1) is 0 Å². The van der Waals surface area contributed by atoms with Crippen molar-refractivity contribution in [1.29, 1.82) is 0 Å². The maximum absolute atomic E-state index is 13.7. The van der Waals surface area contributed by atoms with Gasteiger partial charge in [-0.3, -0.25) is 4.79 Å². The number of benzene rings is 1. The van der Waals surface area contributed by atoms with Crippen molar-refractivity contribution in [1.82, 2.24) is 30.5 Å². The molecule has 1 amide bonds. The van der Waals surface area contributed by atoms with E-state index >= 15 is 0 Å². The highest BCUT2D eigenvalue weighted by Crippen LogP contribution is 2.37. The first-order valence-electron chi connectivity index (χ1n) is 13.3. The zero-order chi connectivity index (χ0) is 29.9. The zero-order valence-electron chi connectivity index (χ0n) is 22.2. The highest BCUT2D eigenvalue weighted by Gasteiger charge is 2.40. The third-order valence-electron chi connectivity index (χ3n) is 6.99. The summed E-state index contributed by atoms with van der Waals surface area (Å²) in [6, 6.07) is 5.70. The molecule has 0 radical (unpaired) electrons. The van der Waals surface area contributed by atoms with Gasteiger partial charge in [0.05, 0.1) is 28.3 Å². The highest BCUT2D eigenvalue weighted by molar-refractivity contribution is 5.96. The molecule has 14 heteroatoms. The number of anilines is 2. The predicted octanol–water partition coefficient (Wildman–Crippen LogP) is 5.65. The Kier molecular flexibility index (Phi) is 8.34. The van der Waals surface area contributed by atoms with Crippen LogP contribution < -0.4 is 16.0 Å². The second-order valence-electron chi connectivity index (χ2n) is 9.94. The summed E-state index contributed by atoms with van der Waals surface area (Å²) < 4.78 is 80.2. The van der Waals surface area contributed by atoms with Crippen LogP contribution in [0.2, 0.25) is 0 Å². The van der Waals surface area contributed by atoms with Gasteiger partial charge in [-0.1, -0.05) is 12.5 Å². The molecule has 1 atom stereocenters. The molecule has 0 aliphatic carbocycles. The Labute approximate surface area is 236 Å². The van der Waals surface area contributed by atoms with Crippen molar-refractivity contribution < 1.29 is 31.1 Å². The number of hydrogen-bond donors (Lipinski definition) is 3. The molecule has 3 N–H and O–H groups in total. The lowest BCUT2D eigenvalue weighted by molar-refractivity contribution is -0.137. The molecule has 2 aliphatic heterocycles. The lowest BCUT2D eigenvalue weighted by Crippen LogP contribution is -2.38. The maximum atomic E-state index is 13.7. The summed E-state index contributed by atoms with van der Waals surface area (Å²) in [5, 5.41) is 8.58. The minimum Gasteiger partial charge on any atom is -0.379 e. The van der Waals surface area contributed by atoms with Crippen molar-refractivity contribution >= 4 is 28.4 Å². The topological polar surface area (TPSA) is 95.1 Å². The fraction of sp³-hybridized carbons (Fsp3) is 0.357. The van der Waals surface area contributed by atoms with Gasteiger partial charge in [-0.15, -0.1) is 0 Å². The number of rotatable bonds is 7. The molecule has 5 rings (SSSR count). The molecule has 1 unspecified atom stereocenters. The van der Waals surface area contributed by atoms with Crippen LogP contribution in [0.1, 0.15) is 47.2 Å². The van der Waals surface area contributed by atoms with Crippen LogP contribution in [-0.4, -0.2) is 58.1 Å². The molecule has 1 saturated heterocycles. The third kappa shape index (κ3) is 6.81. The molecule has 1 fully saturated rings. The number of aromatic nitrogens is 3. The first kappa shape index (κ1) is 29.3. The Bertz CT molecular complexity index is 1500. The Morgan fingerprint density at radius 3 is 2.36 bits per heavy atom. The van der Waals surface area contributed by atoms with Gasteiger partial charge in [0, 0.05) is 18.8 Å². The monoisotopic (exact) mass is 591 g/mol. The van der Waals surface area contributed by atoms with Crippen LogP contribution in [0.25, 0.3) is 11.0 Å². The fourth-order valence-corrected chi connectivity index (χ4v) is 4.84. The average molecular weight is 592 g/mol. The van der Waals surface area contributed by atoms with E-state index in [1.807, 2.05) is 0 Å². The molecule has 0 bridgehead atoms. The number of carbonyl (C=O) groups excluding carboxylic acids is 1. The number of alkyl halides is 6. The summed E-state index contributed by atoms with van der Waals surface area (Å²) in [4.78, 5) is 28.2. The minimum atomic E-state index is -4.63. The number of halogens is 6. The molecule has 1 aromatic carbocycles. The van der Waals surface area contributed by atoms with Crippen LogP contribution in [0.4, 0.5) is 37.8 Å². The Morgan fingerprint density at radius 1 is 0.929 bits per heavy atom. The van der Waals surface area contributed by atoms with Crippen molar-refractivity contribution in [2.24, 2.45) is 0 Å². The quantitative estimate of drug-likeness (QED) is 0.306. The second kappa shape index (κ2) is 12.0. The Morgan fingerprint density at radius 2 is 1.67 bits per heavy atom. The molecule has 42 heavy (non-hydrogen) atoms. The van der Waals surface area contributed by atoms with Gasteiger partial charge in [0.25, 0.3) is 5.91 Å². The van der Waals surface area contributed by atoms with Crippen LogP contribution in [0.3, 0.4) is 0 Å². The molecule has 4 heterocycles. The van der Waals surface area contributed by atoms with E-state index < -0.39 is 35.4 Å². The Hall–Kier alpha value is -4.20. The van der Waals surface area contributed by atoms with Gasteiger partial charge < -0.3 is 20.9 Å². The first-order valence-corrected chi connectivity index (χ1v) is 13.3. The van der Waals surface area contributed by atoms with E-state index in [4.69, 9.17) is 0 Å². The SMILES string of the molecule is O=C(NCCN1CCCCC1)c1nc(Nc2ccc(C(F)(F)F)cc2)c2ccc(C3NC=CC=C3C(F)(F)F)nc2n1. The molecule has 222 valence electrons. The summed E-state index contributed by atoms with van der Waals surface area (Å²) in [6.07, 6.45) is -2.25. The van der Waals surface area contributed by atoms with Crippen molar-refractivity contribution in [2.75, 3.05) is 31.5 Å². The summed E-state index contributed by atoms with van der Waals surface area (Å²) >= 11 is 0. The maximum Gasteiger partial charge on any atom is 0.416 e. The fourth-order valence-electron chi connectivity index (χ4n) is 4.84. The van der Waals surface area contributed by atoms with Crippen LogP contribution in [0.5, 0.6) is 0 Å². The largest absolute Gasteiger partial charge is 0.416 e. The summed E-state index contributed by atoms with van der Waals surface area (Å²) in [5.41, 5.74) is -1.51. The lowest BCUT2D eigenvalue weighted by Gasteiger charge is -2.26. The van der Waals surface area contributed by atoms with Gasteiger partial charge in [0.2, 0.25) is 5.82 Å². The summed E-state index contributed by atoms with van der Waals surface area (Å²) in [7, 11) is 0. The van der Waals surface area contributed by atoms with E-state index in [1.165, 1.54) is 43.0 Å². The minimum absolute atomic E-state index is 0.00561. The van der Waals surface area contributed by atoms with Crippen LogP contribution in [-0.2, 0) is 6.18 Å². The van der Waals surface area contributed by atoms with Gasteiger partial charge in [0.15, 0.2) is 5.65 Å². The number of dihydropyridines is 1. The first-order chi connectivity index (χ1) is 20.0. The van der Waals surface area contributed by atoms with E-state index in [1.54, 1.807) is 0 Å². The van der Waals surface area contributed by atoms with Gasteiger partial charge in [-0.25, -0.2) is 15.0 Å². The van der Waals surface area contributed by atoms with E-state index in [9.17, 15) is 31.1 Å². The van der Waals surface area contributed by atoms with E-state index in [0.29, 0.717) is 13.1 Å². The highest BCUT2D eigenvalue weighted by atomic mass is 19.4. The predicted molar refractivity (Wildman–Crippen MR) is 144 cm³/mol. The van der Waals surface area contributed by atoms with E-state index in [-0.39, 0.29) is 34.1 Å². The number of nitrogens with one attached hydrogen (secondary N) is 3. The normalized spacial score (nSPS) is 18.0. The Balaban J connectivity index is 1.47. The standard InChI is InChI=1S/C28H27F6N7O/c29-27(30,31)17-6-8-18(9-7-17)37-23-19-10-11-21(22-20(28(32,33)34)5-4-12-35-22)38-24(19)40-25(39-23)26(42)36-13-16-41-14-2-1-3-15-41/h4-12,22,35H,1-3,13-16H2,(H,36,42)(H,37,38,39,40). The molecule has 0 spiro atoms.